The lowest BCUT2D eigenvalue weighted by Crippen LogP contribution is -2.34. The Kier molecular flexibility index (Phi) is 8.24. The summed E-state index contributed by atoms with van der Waals surface area (Å²) < 4.78 is 2.91. The van der Waals surface area contributed by atoms with Crippen LogP contribution in [0.1, 0.15) is 54.3 Å². The van der Waals surface area contributed by atoms with Crippen molar-refractivity contribution in [2.45, 2.75) is 57.7 Å². The lowest BCUT2D eigenvalue weighted by molar-refractivity contribution is -0.118. The van der Waals surface area contributed by atoms with Gasteiger partial charge in [0.2, 0.25) is 5.91 Å². The molecule has 206 valence electrons. The van der Waals surface area contributed by atoms with E-state index in [2.05, 4.69) is 36.3 Å². The molecule has 1 aliphatic carbocycles. The summed E-state index contributed by atoms with van der Waals surface area (Å²) in [4.78, 5) is 30.2. The Morgan fingerprint density at radius 1 is 1.02 bits per heavy atom. The molecule has 0 fully saturated rings. The Balaban J connectivity index is 1.58. The van der Waals surface area contributed by atoms with Crippen molar-refractivity contribution in [2.75, 3.05) is 0 Å². The van der Waals surface area contributed by atoms with Gasteiger partial charge >= 0.3 is 5.69 Å². The topological polar surface area (TPSA) is 95.3 Å². The van der Waals surface area contributed by atoms with Gasteiger partial charge in [0.25, 0.3) is 0 Å². The highest BCUT2D eigenvalue weighted by Gasteiger charge is 2.42. The second kappa shape index (κ2) is 11.8. The number of benzene rings is 3. The van der Waals surface area contributed by atoms with E-state index in [9.17, 15) is 9.59 Å². The second-order valence-electron chi connectivity index (χ2n) is 10.1. The summed E-state index contributed by atoms with van der Waals surface area (Å²) in [5, 5.41) is 5.93. The molecular formula is C31H31Cl2N5O2. The molecule has 4 aromatic rings. The van der Waals surface area contributed by atoms with E-state index in [1.54, 1.807) is 12.1 Å². The summed E-state index contributed by atoms with van der Waals surface area (Å²) >= 11 is 12.3. The summed E-state index contributed by atoms with van der Waals surface area (Å²) in [6.07, 6.45) is 2.80. The highest BCUT2D eigenvalue weighted by molar-refractivity contribution is 6.31. The first kappa shape index (κ1) is 27.9. The van der Waals surface area contributed by atoms with Gasteiger partial charge in [0, 0.05) is 28.4 Å². The molecule has 1 aliphatic rings. The minimum Gasteiger partial charge on any atom is -0.370 e. The van der Waals surface area contributed by atoms with Gasteiger partial charge in [0.15, 0.2) is 5.82 Å². The van der Waals surface area contributed by atoms with Crippen LogP contribution in [0.4, 0.5) is 0 Å². The molecule has 3 aromatic carbocycles. The van der Waals surface area contributed by atoms with Gasteiger partial charge in [-0.2, -0.15) is 5.10 Å². The summed E-state index contributed by atoms with van der Waals surface area (Å²) in [5.74, 6) is -0.00892. The number of amides is 1. The third kappa shape index (κ3) is 5.62. The van der Waals surface area contributed by atoms with Crippen LogP contribution in [0.15, 0.2) is 82.6 Å². The Morgan fingerprint density at radius 3 is 2.38 bits per heavy atom. The molecule has 0 radical (unpaired) electrons. The zero-order valence-corrected chi connectivity index (χ0v) is 23.8. The van der Waals surface area contributed by atoms with Gasteiger partial charge in [-0.25, -0.2) is 9.48 Å². The number of aliphatic imine (C=N–C) groups is 1. The second-order valence-corrected chi connectivity index (χ2v) is 11.0. The molecule has 0 unspecified atom stereocenters. The molecule has 9 heteroatoms. The fraction of sp³-hybridized carbons (Fsp3) is 0.290. The van der Waals surface area contributed by atoms with Crippen molar-refractivity contribution in [3.8, 4) is 0 Å². The van der Waals surface area contributed by atoms with Gasteiger partial charge in [-0.15, -0.1) is 0 Å². The van der Waals surface area contributed by atoms with Crippen molar-refractivity contribution in [1.29, 1.82) is 0 Å². The minimum atomic E-state index is -0.485. The van der Waals surface area contributed by atoms with E-state index >= 15 is 0 Å². The summed E-state index contributed by atoms with van der Waals surface area (Å²) in [7, 11) is 0. The summed E-state index contributed by atoms with van der Waals surface area (Å²) in [6.45, 7) is 2.77. The van der Waals surface area contributed by atoms with Crippen molar-refractivity contribution in [3.05, 3.63) is 121 Å². The molecule has 1 amide bonds. The van der Waals surface area contributed by atoms with Crippen LogP contribution in [-0.2, 0) is 36.3 Å². The zero-order chi connectivity index (χ0) is 28.3. The first-order chi connectivity index (χ1) is 19.3. The zero-order valence-electron chi connectivity index (χ0n) is 22.3. The number of aryl methyl sites for hydroxylation is 1. The average molecular weight is 577 g/mol. The standard InChI is InChI=1S/C31H31Cl2N5O2/c1-2-31(17-15-22-5-3-4-6-26(22)31)29(23-9-13-25(33)14-10-23)35-19-28-36-38(20-21-7-11-24(32)12-8-21)30(40)37(28)18-16-27(34)39/h3-14H,2,15-20H2,1H3,(H2,34,39)/t31-/m0/s1. The van der Waals surface area contributed by atoms with Crippen molar-refractivity contribution in [2.24, 2.45) is 10.7 Å². The van der Waals surface area contributed by atoms with Crippen molar-refractivity contribution in [1.82, 2.24) is 14.3 Å². The van der Waals surface area contributed by atoms with E-state index in [-0.39, 0.29) is 37.2 Å². The Bertz CT molecular complexity index is 1610. The highest BCUT2D eigenvalue weighted by Crippen LogP contribution is 2.44. The van der Waals surface area contributed by atoms with Crippen LogP contribution in [0.3, 0.4) is 0 Å². The van der Waals surface area contributed by atoms with Gasteiger partial charge in [-0.1, -0.05) is 78.7 Å². The van der Waals surface area contributed by atoms with Crippen molar-refractivity contribution >= 4 is 34.8 Å². The molecule has 1 atom stereocenters. The number of carbonyl (C=O) groups excluding carboxylic acids is 1. The lowest BCUT2D eigenvalue weighted by Gasteiger charge is -2.32. The number of aromatic nitrogens is 3. The summed E-state index contributed by atoms with van der Waals surface area (Å²) in [5.41, 5.74) is 10.3. The van der Waals surface area contributed by atoms with Crippen molar-refractivity contribution < 1.29 is 4.79 Å². The Hall–Kier alpha value is -3.68. The fourth-order valence-corrected chi connectivity index (χ4v) is 5.91. The normalized spacial score (nSPS) is 16.7. The number of nitrogens with two attached hydrogens (primary N) is 1. The fourth-order valence-electron chi connectivity index (χ4n) is 5.66. The number of primary amides is 1. The van der Waals surface area contributed by atoms with Crippen LogP contribution in [0.2, 0.25) is 10.0 Å². The van der Waals surface area contributed by atoms with Crippen LogP contribution < -0.4 is 11.4 Å². The number of rotatable bonds is 10. The maximum Gasteiger partial charge on any atom is 0.346 e. The van der Waals surface area contributed by atoms with Crippen molar-refractivity contribution in [3.63, 3.8) is 0 Å². The molecule has 0 saturated carbocycles. The van der Waals surface area contributed by atoms with Crippen LogP contribution >= 0.6 is 23.2 Å². The van der Waals surface area contributed by atoms with Crippen LogP contribution in [-0.4, -0.2) is 26.0 Å². The molecule has 2 N–H and O–H groups in total. The maximum absolute atomic E-state index is 13.4. The SMILES string of the molecule is CC[C@]1(C(=NCc2nn(Cc3ccc(Cl)cc3)c(=O)n2CCC(N)=O)c2ccc(Cl)cc2)CCc2ccccc21. The van der Waals surface area contributed by atoms with Crippen LogP contribution in [0.5, 0.6) is 0 Å². The number of hydrogen-bond acceptors (Lipinski definition) is 4. The average Bonchev–Trinajstić information content (AvgIpc) is 3.47. The highest BCUT2D eigenvalue weighted by atomic mass is 35.5. The molecule has 1 heterocycles. The number of nitrogens with zero attached hydrogens (tertiary/aromatic N) is 4. The lowest BCUT2D eigenvalue weighted by atomic mass is 9.72. The Labute approximate surface area is 243 Å². The predicted octanol–water partition coefficient (Wildman–Crippen LogP) is 5.56. The van der Waals surface area contributed by atoms with E-state index in [4.69, 9.17) is 33.9 Å². The number of fused-ring (bicyclic) bond motifs is 1. The first-order valence-electron chi connectivity index (χ1n) is 13.4. The van der Waals surface area contributed by atoms with E-state index in [0.29, 0.717) is 15.9 Å². The molecule has 7 nitrogen and oxygen atoms in total. The van der Waals surface area contributed by atoms with Gasteiger partial charge in [0.05, 0.1) is 18.8 Å². The largest absolute Gasteiger partial charge is 0.370 e. The van der Waals surface area contributed by atoms with E-state index in [1.165, 1.54) is 20.4 Å². The Morgan fingerprint density at radius 2 is 1.70 bits per heavy atom. The van der Waals surface area contributed by atoms with Gasteiger partial charge in [-0.05, 0) is 65.8 Å². The minimum absolute atomic E-state index is 0.0274. The molecular weight excluding hydrogens is 545 g/mol. The van der Waals surface area contributed by atoms with Crippen LogP contribution in [0.25, 0.3) is 0 Å². The molecule has 5 rings (SSSR count). The van der Waals surface area contributed by atoms with Crippen LogP contribution in [0, 0.1) is 0 Å². The molecule has 0 bridgehead atoms. The predicted molar refractivity (Wildman–Crippen MR) is 159 cm³/mol. The van der Waals surface area contributed by atoms with Gasteiger partial charge < -0.3 is 5.73 Å². The van der Waals surface area contributed by atoms with Gasteiger partial charge in [0.1, 0.15) is 0 Å². The third-order valence-electron chi connectivity index (χ3n) is 7.73. The van der Waals surface area contributed by atoms with E-state index in [1.807, 2.05) is 36.4 Å². The molecule has 40 heavy (non-hydrogen) atoms. The quantitative estimate of drug-likeness (QED) is 0.251. The number of hydrogen-bond donors (Lipinski definition) is 1. The van der Waals surface area contributed by atoms with E-state index < -0.39 is 5.91 Å². The first-order valence-corrected chi connectivity index (χ1v) is 14.1. The number of halogens is 2. The molecule has 0 aliphatic heterocycles. The smallest absolute Gasteiger partial charge is 0.346 e. The monoisotopic (exact) mass is 575 g/mol. The molecule has 1 aromatic heterocycles. The molecule has 0 saturated heterocycles. The third-order valence-corrected chi connectivity index (χ3v) is 8.24. The molecule has 0 spiro atoms. The van der Waals surface area contributed by atoms with Gasteiger partial charge in [-0.3, -0.25) is 14.4 Å². The summed E-state index contributed by atoms with van der Waals surface area (Å²) in [6, 6.07) is 23.6. The maximum atomic E-state index is 13.4. The van der Waals surface area contributed by atoms with E-state index in [0.717, 1.165) is 36.1 Å². The number of carbonyl (C=O) groups is 1.